The Morgan fingerprint density at radius 3 is 2.54 bits per heavy atom. The Balaban J connectivity index is 2.07. The first-order chi connectivity index (χ1) is 13.4. The van der Waals surface area contributed by atoms with Gasteiger partial charge >= 0.3 is 11.9 Å². The van der Waals surface area contributed by atoms with Crippen molar-refractivity contribution in [3.8, 4) is 5.75 Å². The molecule has 0 N–H and O–H groups in total. The number of morpholine rings is 1. The SMILES string of the molecule is COC(=O)c1nc(C2COCCN2C)n(C)c(=O)c1OC(=O)c1ccccc1. The van der Waals surface area contributed by atoms with E-state index in [1.54, 1.807) is 30.3 Å². The van der Waals surface area contributed by atoms with Gasteiger partial charge in [-0.05, 0) is 19.2 Å². The zero-order valence-corrected chi connectivity index (χ0v) is 15.9. The molecule has 0 amide bonds. The molecule has 0 saturated carbocycles. The molecule has 1 aliphatic heterocycles. The number of likely N-dealkylation sites (N-methyl/N-ethyl adjacent to an activating group) is 1. The fraction of sp³-hybridized carbons (Fsp3) is 0.368. The highest BCUT2D eigenvalue weighted by molar-refractivity contribution is 5.94. The number of rotatable bonds is 4. The third-order valence-corrected chi connectivity index (χ3v) is 4.56. The third-order valence-electron chi connectivity index (χ3n) is 4.56. The molecule has 9 heteroatoms. The van der Waals surface area contributed by atoms with Crippen molar-refractivity contribution >= 4 is 11.9 Å². The summed E-state index contributed by atoms with van der Waals surface area (Å²) in [7, 11) is 4.55. The van der Waals surface area contributed by atoms with Gasteiger partial charge in [-0.2, -0.15) is 0 Å². The molecule has 0 spiro atoms. The predicted molar refractivity (Wildman–Crippen MR) is 98.4 cm³/mol. The highest BCUT2D eigenvalue weighted by atomic mass is 16.5. The van der Waals surface area contributed by atoms with E-state index in [0.717, 1.165) is 0 Å². The molecule has 1 fully saturated rings. The number of hydrogen-bond acceptors (Lipinski definition) is 8. The van der Waals surface area contributed by atoms with Crippen LogP contribution in [0, 0.1) is 0 Å². The second-order valence-electron chi connectivity index (χ2n) is 6.33. The minimum atomic E-state index is -0.866. The lowest BCUT2D eigenvalue weighted by Crippen LogP contribution is -2.41. The van der Waals surface area contributed by atoms with Gasteiger partial charge in [0, 0.05) is 13.6 Å². The monoisotopic (exact) mass is 387 g/mol. The number of hydrogen-bond donors (Lipinski definition) is 0. The van der Waals surface area contributed by atoms with Gasteiger partial charge in [-0.1, -0.05) is 18.2 Å². The minimum Gasteiger partial charge on any atom is -0.464 e. The maximum Gasteiger partial charge on any atom is 0.360 e. The Morgan fingerprint density at radius 2 is 1.89 bits per heavy atom. The summed E-state index contributed by atoms with van der Waals surface area (Å²) in [5, 5.41) is 0. The molecule has 3 rings (SSSR count). The minimum absolute atomic E-state index is 0.241. The maximum atomic E-state index is 12.9. The van der Waals surface area contributed by atoms with Crippen LogP contribution in [0.2, 0.25) is 0 Å². The van der Waals surface area contributed by atoms with Crippen LogP contribution in [0.4, 0.5) is 0 Å². The summed E-state index contributed by atoms with van der Waals surface area (Å²) in [6.45, 7) is 1.54. The summed E-state index contributed by atoms with van der Waals surface area (Å²) in [6, 6.07) is 7.83. The van der Waals surface area contributed by atoms with E-state index in [1.165, 1.54) is 18.7 Å². The van der Waals surface area contributed by atoms with E-state index in [-0.39, 0.29) is 17.3 Å². The van der Waals surface area contributed by atoms with Gasteiger partial charge in [0.1, 0.15) is 5.82 Å². The molecule has 2 aromatic rings. The van der Waals surface area contributed by atoms with Crippen molar-refractivity contribution in [2.24, 2.45) is 7.05 Å². The average Bonchev–Trinajstić information content (AvgIpc) is 2.72. The van der Waals surface area contributed by atoms with Crippen LogP contribution in [0.15, 0.2) is 35.1 Å². The van der Waals surface area contributed by atoms with Crippen molar-refractivity contribution in [1.82, 2.24) is 14.5 Å². The van der Waals surface area contributed by atoms with Gasteiger partial charge in [-0.15, -0.1) is 0 Å². The van der Waals surface area contributed by atoms with Crippen LogP contribution in [-0.4, -0.2) is 60.3 Å². The molecule has 0 radical (unpaired) electrons. The van der Waals surface area contributed by atoms with Gasteiger partial charge in [0.2, 0.25) is 5.75 Å². The number of aromatic nitrogens is 2. The van der Waals surface area contributed by atoms with Crippen molar-refractivity contribution in [3.05, 3.63) is 57.8 Å². The van der Waals surface area contributed by atoms with Crippen LogP contribution in [0.1, 0.15) is 32.7 Å². The lowest BCUT2D eigenvalue weighted by molar-refractivity contribution is 0.0000570. The van der Waals surface area contributed by atoms with Gasteiger partial charge in [0.15, 0.2) is 5.69 Å². The lowest BCUT2D eigenvalue weighted by Gasteiger charge is -2.32. The molecule has 1 unspecified atom stereocenters. The Kier molecular flexibility index (Phi) is 5.86. The summed E-state index contributed by atoms with van der Waals surface area (Å²) in [6.07, 6.45) is 0. The molecular formula is C19H21N3O6. The first kappa shape index (κ1) is 19.7. The molecule has 0 aliphatic carbocycles. The Hall–Kier alpha value is -3.04. The first-order valence-electron chi connectivity index (χ1n) is 8.68. The molecule has 2 heterocycles. The molecule has 28 heavy (non-hydrogen) atoms. The Bertz CT molecular complexity index is 941. The molecule has 1 aromatic carbocycles. The van der Waals surface area contributed by atoms with Crippen molar-refractivity contribution in [3.63, 3.8) is 0 Å². The molecule has 1 aliphatic rings. The molecule has 9 nitrogen and oxygen atoms in total. The summed E-state index contributed by atoms with van der Waals surface area (Å²) in [4.78, 5) is 43.9. The number of nitrogens with zero attached hydrogens (tertiary/aromatic N) is 3. The van der Waals surface area contributed by atoms with Crippen molar-refractivity contribution in [2.75, 3.05) is 33.9 Å². The van der Waals surface area contributed by atoms with Crippen LogP contribution >= 0.6 is 0 Å². The zero-order chi connectivity index (χ0) is 20.3. The second-order valence-corrected chi connectivity index (χ2v) is 6.33. The van der Waals surface area contributed by atoms with Crippen molar-refractivity contribution in [1.29, 1.82) is 0 Å². The summed E-state index contributed by atoms with van der Waals surface area (Å²) in [5.74, 6) is -1.77. The van der Waals surface area contributed by atoms with E-state index in [2.05, 4.69) is 4.98 Å². The van der Waals surface area contributed by atoms with E-state index < -0.39 is 23.2 Å². The quantitative estimate of drug-likeness (QED) is 0.710. The normalized spacial score (nSPS) is 17.2. The molecule has 1 atom stereocenters. The molecular weight excluding hydrogens is 366 g/mol. The van der Waals surface area contributed by atoms with E-state index in [9.17, 15) is 14.4 Å². The van der Waals surface area contributed by atoms with Gasteiger partial charge in [-0.25, -0.2) is 14.6 Å². The predicted octanol–water partition coefficient (Wildman–Crippen LogP) is 0.789. The van der Waals surface area contributed by atoms with E-state index in [4.69, 9.17) is 14.2 Å². The zero-order valence-electron chi connectivity index (χ0n) is 15.9. The number of carbonyl (C=O) groups is 2. The molecule has 148 valence electrons. The third kappa shape index (κ3) is 3.80. The number of methoxy groups -OCH3 is 1. The number of carbonyl (C=O) groups excluding carboxylic acids is 2. The smallest absolute Gasteiger partial charge is 0.360 e. The second kappa shape index (κ2) is 8.32. The standard InChI is InChI=1S/C19H21N3O6/c1-21-9-10-27-11-13(21)16-20-14(19(25)26-3)15(17(23)22(16)2)28-18(24)12-7-5-4-6-8-12/h4-8,13H,9-11H2,1-3H3. The van der Waals surface area contributed by atoms with Gasteiger partial charge in [0.25, 0.3) is 5.56 Å². The van der Waals surface area contributed by atoms with Gasteiger partial charge < -0.3 is 14.2 Å². The summed E-state index contributed by atoms with van der Waals surface area (Å²) in [5.41, 5.74) is -0.762. The highest BCUT2D eigenvalue weighted by Crippen LogP contribution is 2.23. The van der Waals surface area contributed by atoms with Crippen LogP contribution in [0.25, 0.3) is 0 Å². The van der Waals surface area contributed by atoms with E-state index in [0.29, 0.717) is 25.6 Å². The molecule has 0 bridgehead atoms. The van der Waals surface area contributed by atoms with Crippen molar-refractivity contribution < 1.29 is 23.8 Å². The van der Waals surface area contributed by atoms with Crippen LogP contribution in [-0.2, 0) is 16.5 Å². The molecule has 1 aromatic heterocycles. The topological polar surface area (TPSA) is 100.0 Å². The summed E-state index contributed by atoms with van der Waals surface area (Å²) < 4.78 is 16.7. The number of esters is 2. The van der Waals surface area contributed by atoms with Crippen LogP contribution < -0.4 is 10.3 Å². The maximum absolute atomic E-state index is 12.9. The largest absolute Gasteiger partial charge is 0.464 e. The van der Waals surface area contributed by atoms with Crippen molar-refractivity contribution in [2.45, 2.75) is 6.04 Å². The number of ether oxygens (including phenoxy) is 3. The van der Waals surface area contributed by atoms with Crippen LogP contribution in [0.5, 0.6) is 5.75 Å². The highest BCUT2D eigenvalue weighted by Gasteiger charge is 2.31. The average molecular weight is 387 g/mol. The fourth-order valence-electron chi connectivity index (χ4n) is 2.91. The van der Waals surface area contributed by atoms with Gasteiger partial charge in [0.05, 0.1) is 31.9 Å². The van der Waals surface area contributed by atoms with E-state index in [1.807, 2.05) is 11.9 Å². The Morgan fingerprint density at radius 1 is 1.18 bits per heavy atom. The van der Waals surface area contributed by atoms with E-state index >= 15 is 0 Å². The Labute approximate surface area is 161 Å². The van der Waals surface area contributed by atoms with Gasteiger partial charge in [-0.3, -0.25) is 14.3 Å². The fourth-order valence-corrected chi connectivity index (χ4v) is 2.91. The first-order valence-corrected chi connectivity index (χ1v) is 8.68. The number of benzene rings is 1. The molecule has 1 saturated heterocycles. The van der Waals surface area contributed by atoms with Crippen LogP contribution in [0.3, 0.4) is 0 Å². The lowest BCUT2D eigenvalue weighted by atomic mass is 10.2. The summed E-state index contributed by atoms with van der Waals surface area (Å²) >= 11 is 0.